The number of aromatic nitrogens is 1. The van der Waals surface area contributed by atoms with Crippen molar-refractivity contribution in [2.75, 3.05) is 23.3 Å². The molecule has 0 spiro atoms. The van der Waals surface area contributed by atoms with Crippen molar-refractivity contribution in [2.24, 2.45) is 0 Å². The van der Waals surface area contributed by atoms with E-state index in [9.17, 15) is 9.18 Å². The highest BCUT2D eigenvalue weighted by molar-refractivity contribution is 7.14. The Morgan fingerprint density at radius 2 is 1.88 bits per heavy atom. The van der Waals surface area contributed by atoms with E-state index in [-0.39, 0.29) is 11.7 Å². The molecule has 26 heavy (non-hydrogen) atoms. The van der Waals surface area contributed by atoms with Crippen molar-refractivity contribution >= 4 is 28.1 Å². The summed E-state index contributed by atoms with van der Waals surface area (Å²) in [7, 11) is 0. The molecule has 1 heterocycles. The van der Waals surface area contributed by atoms with Gasteiger partial charge in [0.15, 0.2) is 5.13 Å². The molecule has 6 heteroatoms. The van der Waals surface area contributed by atoms with Crippen LogP contribution >= 0.6 is 11.3 Å². The van der Waals surface area contributed by atoms with Gasteiger partial charge in [-0.25, -0.2) is 9.37 Å². The minimum absolute atomic E-state index is 0.274. The van der Waals surface area contributed by atoms with Crippen LogP contribution in [-0.4, -0.2) is 24.0 Å². The predicted molar refractivity (Wildman–Crippen MR) is 105 cm³/mol. The smallest absolute Gasteiger partial charge is 0.255 e. The molecule has 0 fully saturated rings. The summed E-state index contributed by atoms with van der Waals surface area (Å²) in [6.45, 7) is 6.04. The monoisotopic (exact) mass is 369 g/mol. The Morgan fingerprint density at radius 3 is 2.58 bits per heavy atom. The average molecular weight is 369 g/mol. The number of hydrogen-bond donors (Lipinski definition) is 1. The van der Waals surface area contributed by atoms with E-state index >= 15 is 0 Å². The summed E-state index contributed by atoms with van der Waals surface area (Å²) in [5.74, 6) is -0.639. The van der Waals surface area contributed by atoms with Crippen LogP contribution < -0.4 is 10.2 Å². The fraction of sp³-hybridized carbons (Fsp3) is 0.200. The fourth-order valence-corrected chi connectivity index (χ4v) is 3.56. The lowest BCUT2D eigenvalue weighted by Gasteiger charge is -2.16. The molecule has 2 aromatic carbocycles. The predicted octanol–water partition coefficient (Wildman–Crippen LogP) is 5.05. The van der Waals surface area contributed by atoms with E-state index in [1.807, 2.05) is 29.6 Å². The number of carbonyl (C=O) groups excluding carboxylic acids is 1. The number of hydrogen-bond acceptors (Lipinski definition) is 4. The Bertz CT molecular complexity index is 888. The van der Waals surface area contributed by atoms with Gasteiger partial charge in [-0.2, -0.15) is 0 Å². The average Bonchev–Trinajstić information content (AvgIpc) is 3.13. The van der Waals surface area contributed by atoms with E-state index in [0.29, 0.717) is 11.3 Å². The van der Waals surface area contributed by atoms with E-state index in [2.05, 4.69) is 24.1 Å². The van der Waals surface area contributed by atoms with E-state index in [1.165, 1.54) is 24.3 Å². The molecule has 0 atom stereocenters. The maximum atomic E-state index is 13.0. The third-order valence-electron chi connectivity index (χ3n) is 4.05. The van der Waals surface area contributed by atoms with Gasteiger partial charge in [0.2, 0.25) is 0 Å². The van der Waals surface area contributed by atoms with Crippen LogP contribution in [0.5, 0.6) is 0 Å². The van der Waals surface area contributed by atoms with Gasteiger partial charge in [-0.3, -0.25) is 4.79 Å². The summed E-state index contributed by atoms with van der Waals surface area (Å²) in [6.07, 6.45) is 0. The van der Waals surface area contributed by atoms with Crippen LogP contribution in [-0.2, 0) is 0 Å². The Balaban J connectivity index is 1.78. The molecule has 0 aliphatic carbocycles. The molecule has 0 bridgehead atoms. The maximum Gasteiger partial charge on any atom is 0.255 e. The van der Waals surface area contributed by atoms with Crippen LogP contribution in [0.3, 0.4) is 0 Å². The Morgan fingerprint density at radius 1 is 1.15 bits per heavy atom. The molecule has 0 aliphatic heterocycles. The zero-order chi connectivity index (χ0) is 18.5. The van der Waals surface area contributed by atoms with Gasteiger partial charge >= 0.3 is 0 Å². The highest BCUT2D eigenvalue weighted by atomic mass is 32.1. The number of benzene rings is 2. The molecular formula is C20H20FN3OS. The molecule has 4 nitrogen and oxygen atoms in total. The lowest BCUT2D eigenvalue weighted by Crippen LogP contribution is -2.21. The van der Waals surface area contributed by atoms with Crippen LogP contribution in [0.25, 0.3) is 11.3 Å². The molecular weight excluding hydrogens is 349 g/mol. The second-order valence-electron chi connectivity index (χ2n) is 5.73. The highest BCUT2D eigenvalue weighted by Gasteiger charge is 2.11. The van der Waals surface area contributed by atoms with Crippen LogP contribution in [0.1, 0.15) is 24.2 Å². The van der Waals surface area contributed by atoms with Gasteiger partial charge in [-0.1, -0.05) is 12.1 Å². The third kappa shape index (κ3) is 4.08. The van der Waals surface area contributed by atoms with Crippen molar-refractivity contribution in [2.45, 2.75) is 13.8 Å². The molecule has 0 aliphatic rings. The van der Waals surface area contributed by atoms with E-state index in [1.54, 1.807) is 11.3 Å². The Kier molecular flexibility index (Phi) is 5.63. The van der Waals surface area contributed by atoms with Gasteiger partial charge in [0, 0.05) is 35.3 Å². The van der Waals surface area contributed by atoms with Gasteiger partial charge in [-0.05, 0) is 50.2 Å². The van der Waals surface area contributed by atoms with Crippen LogP contribution in [0, 0.1) is 5.82 Å². The number of nitrogens with one attached hydrogen (secondary N) is 1. The highest BCUT2D eigenvalue weighted by Crippen LogP contribution is 2.28. The summed E-state index contributed by atoms with van der Waals surface area (Å²) in [5, 5.41) is 5.86. The summed E-state index contributed by atoms with van der Waals surface area (Å²) in [4.78, 5) is 19.2. The summed E-state index contributed by atoms with van der Waals surface area (Å²) < 4.78 is 13.0. The molecule has 3 aromatic rings. The van der Waals surface area contributed by atoms with Gasteiger partial charge in [-0.15, -0.1) is 11.3 Å². The zero-order valence-corrected chi connectivity index (χ0v) is 15.5. The van der Waals surface area contributed by atoms with E-state index < -0.39 is 0 Å². The number of nitrogens with zero attached hydrogens (tertiary/aromatic N) is 2. The number of amides is 1. The van der Waals surface area contributed by atoms with Crippen LogP contribution in [0.2, 0.25) is 0 Å². The normalized spacial score (nSPS) is 10.6. The van der Waals surface area contributed by atoms with Crippen molar-refractivity contribution in [3.05, 3.63) is 65.3 Å². The lowest BCUT2D eigenvalue weighted by atomic mass is 10.1. The first-order valence-electron chi connectivity index (χ1n) is 8.48. The topological polar surface area (TPSA) is 45.2 Å². The molecule has 1 aromatic heterocycles. The summed E-state index contributed by atoms with van der Waals surface area (Å²) in [6, 6.07) is 13.0. The van der Waals surface area contributed by atoms with E-state index in [0.717, 1.165) is 29.5 Å². The van der Waals surface area contributed by atoms with Crippen molar-refractivity contribution < 1.29 is 9.18 Å². The molecule has 0 saturated carbocycles. The SMILES string of the molecule is CCN(CC)c1nc(-c2cccc(NC(=O)c3ccc(F)cc3)c2)cs1. The number of thiazole rings is 1. The first-order valence-corrected chi connectivity index (χ1v) is 9.36. The standard InChI is InChI=1S/C20H20FN3OS/c1-3-24(4-2)20-23-18(13-26-20)15-6-5-7-17(12-15)22-19(25)14-8-10-16(21)11-9-14/h5-13H,3-4H2,1-2H3,(H,22,25). The molecule has 1 amide bonds. The molecule has 134 valence electrons. The molecule has 3 rings (SSSR count). The molecule has 0 unspecified atom stereocenters. The lowest BCUT2D eigenvalue weighted by molar-refractivity contribution is 0.102. The zero-order valence-electron chi connectivity index (χ0n) is 14.7. The summed E-state index contributed by atoms with van der Waals surface area (Å²) >= 11 is 1.61. The van der Waals surface area contributed by atoms with Gasteiger partial charge in [0.1, 0.15) is 5.82 Å². The van der Waals surface area contributed by atoms with Gasteiger partial charge in [0.25, 0.3) is 5.91 Å². The van der Waals surface area contributed by atoms with Crippen molar-refractivity contribution in [1.29, 1.82) is 0 Å². The minimum Gasteiger partial charge on any atom is -0.349 e. The number of anilines is 2. The first kappa shape index (κ1) is 18.1. The number of carbonyl (C=O) groups is 1. The van der Waals surface area contributed by atoms with Gasteiger partial charge < -0.3 is 10.2 Å². The van der Waals surface area contributed by atoms with Crippen LogP contribution in [0.4, 0.5) is 15.2 Å². The third-order valence-corrected chi connectivity index (χ3v) is 4.95. The first-order chi connectivity index (χ1) is 12.6. The van der Waals surface area contributed by atoms with E-state index in [4.69, 9.17) is 4.98 Å². The van der Waals surface area contributed by atoms with Crippen LogP contribution in [0.15, 0.2) is 53.9 Å². The maximum absolute atomic E-state index is 13.0. The fourth-order valence-electron chi connectivity index (χ4n) is 2.60. The second kappa shape index (κ2) is 8.10. The second-order valence-corrected chi connectivity index (χ2v) is 6.57. The molecule has 0 radical (unpaired) electrons. The number of halogens is 1. The van der Waals surface area contributed by atoms with Crippen molar-refractivity contribution in [3.8, 4) is 11.3 Å². The number of rotatable bonds is 6. The van der Waals surface area contributed by atoms with Gasteiger partial charge in [0.05, 0.1) is 5.69 Å². The Labute approximate surface area is 156 Å². The van der Waals surface area contributed by atoms with Crippen molar-refractivity contribution in [1.82, 2.24) is 4.98 Å². The molecule has 0 saturated heterocycles. The van der Waals surface area contributed by atoms with Crippen molar-refractivity contribution in [3.63, 3.8) is 0 Å². The Hall–Kier alpha value is -2.73. The quantitative estimate of drug-likeness (QED) is 0.661. The molecule has 1 N–H and O–H groups in total. The largest absolute Gasteiger partial charge is 0.349 e. The minimum atomic E-state index is -0.365. The summed E-state index contributed by atoms with van der Waals surface area (Å²) in [5.41, 5.74) is 2.91.